The first-order valence-electron chi connectivity index (χ1n) is 10.5. The zero-order valence-electron chi connectivity index (χ0n) is 17.9. The highest BCUT2D eigenvalue weighted by Gasteiger charge is 2.27. The molecule has 1 saturated heterocycles. The predicted octanol–water partition coefficient (Wildman–Crippen LogP) is 3.78. The Kier molecular flexibility index (Phi) is 6.87. The second kappa shape index (κ2) is 9.82. The van der Waals surface area contributed by atoms with Crippen LogP contribution in [0.3, 0.4) is 0 Å². The van der Waals surface area contributed by atoms with E-state index >= 15 is 0 Å². The number of rotatable bonds is 7. The molecule has 1 atom stereocenters. The largest absolute Gasteiger partial charge is 0.449 e. The molecule has 33 heavy (non-hydrogen) atoms. The van der Waals surface area contributed by atoms with E-state index in [4.69, 9.17) is 4.74 Å². The number of hydrogen-bond acceptors (Lipinski definition) is 7. The van der Waals surface area contributed by atoms with Gasteiger partial charge in [-0.25, -0.2) is 18.2 Å². The van der Waals surface area contributed by atoms with Crippen LogP contribution >= 0.6 is 11.3 Å². The Labute approximate surface area is 196 Å². The predicted molar refractivity (Wildman–Crippen MR) is 125 cm³/mol. The van der Waals surface area contributed by atoms with Crippen LogP contribution < -0.4 is 5.32 Å². The Bertz CT molecular complexity index is 1230. The van der Waals surface area contributed by atoms with Crippen molar-refractivity contribution in [3.05, 3.63) is 65.5 Å². The van der Waals surface area contributed by atoms with Crippen molar-refractivity contribution in [2.75, 3.05) is 18.4 Å². The van der Waals surface area contributed by atoms with Crippen LogP contribution in [0.15, 0.2) is 64.9 Å². The molecular weight excluding hydrogens is 462 g/mol. The number of benzene rings is 2. The van der Waals surface area contributed by atoms with Gasteiger partial charge in [-0.05, 0) is 44.0 Å². The van der Waals surface area contributed by atoms with Crippen molar-refractivity contribution in [3.8, 4) is 11.3 Å². The zero-order valence-corrected chi connectivity index (χ0v) is 19.6. The molecule has 1 N–H and O–H groups in total. The Morgan fingerprint density at radius 3 is 2.39 bits per heavy atom. The molecule has 1 aromatic heterocycles. The first-order valence-corrected chi connectivity index (χ1v) is 12.8. The molecule has 1 fully saturated rings. The van der Waals surface area contributed by atoms with E-state index in [-0.39, 0.29) is 10.5 Å². The van der Waals surface area contributed by atoms with Crippen molar-refractivity contribution in [3.63, 3.8) is 0 Å². The standard InChI is InChI=1S/C23H23N3O5S2/c1-16(21(27)25-23-24-20(15-32-23)17-7-3-2-4-8-17)31-22(28)18-9-11-19(12-10-18)33(29,30)26-13-5-6-14-26/h2-4,7-12,15-16H,5-6,13-14H2,1H3,(H,24,25,27). The number of amides is 1. The highest BCUT2D eigenvalue weighted by atomic mass is 32.2. The van der Waals surface area contributed by atoms with Gasteiger partial charge in [0.2, 0.25) is 10.0 Å². The van der Waals surface area contributed by atoms with Crippen molar-refractivity contribution in [1.82, 2.24) is 9.29 Å². The maximum atomic E-state index is 12.6. The monoisotopic (exact) mass is 485 g/mol. The first-order chi connectivity index (χ1) is 15.8. The van der Waals surface area contributed by atoms with Crippen LogP contribution in [0.5, 0.6) is 0 Å². The molecule has 0 saturated carbocycles. The summed E-state index contributed by atoms with van der Waals surface area (Å²) in [5.41, 5.74) is 1.84. The molecule has 0 aliphatic carbocycles. The van der Waals surface area contributed by atoms with Crippen LogP contribution in [0.4, 0.5) is 5.13 Å². The van der Waals surface area contributed by atoms with Crippen LogP contribution in [0, 0.1) is 0 Å². The zero-order chi connectivity index (χ0) is 23.4. The minimum Gasteiger partial charge on any atom is -0.449 e. The van der Waals surface area contributed by atoms with E-state index in [2.05, 4.69) is 10.3 Å². The number of ether oxygens (including phenoxy) is 1. The number of nitrogens with one attached hydrogen (secondary N) is 1. The number of esters is 1. The average Bonchev–Trinajstić information content (AvgIpc) is 3.53. The SMILES string of the molecule is CC(OC(=O)c1ccc(S(=O)(=O)N2CCCC2)cc1)C(=O)Nc1nc(-c2ccccc2)cs1. The van der Waals surface area contributed by atoms with Gasteiger partial charge in [0.25, 0.3) is 5.91 Å². The molecule has 4 rings (SSSR count). The maximum absolute atomic E-state index is 12.6. The van der Waals surface area contributed by atoms with Crippen LogP contribution in [-0.4, -0.2) is 48.8 Å². The summed E-state index contributed by atoms with van der Waals surface area (Å²) in [6, 6.07) is 15.1. The summed E-state index contributed by atoms with van der Waals surface area (Å²) in [6.45, 7) is 2.47. The van der Waals surface area contributed by atoms with Gasteiger partial charge in [0.1, 0.15) is 0 Å². The summed E-state index contributed by atoms with van der Waals surface area (Å²) < 4.78 is 31.9. The van der Waals surface area contributed by atoms with Gasteiger partial charge in [0.05, 0.1) is 16.2 Å². The van der Waals surface area contributed by atoms with Gasteiger partial charge in [-0.1, -0.05) is 30.3 Å². The number of nitrogens with zero attached hydrogens (tertiary/aromatic N) is 2. The fraction of sp³-hybridized carbons (Fsp3) is 0.261. The molecule has 172 valence electrons. The quantitative estimate of drug-likeness (QED) is 0.511. The van der Waals surface area contributed by atoms with Crippen LogP contribution in [0.2, 0.25) is 0 Å². The summed E-state index contributed by atoms with van der Waals surface area (Å²) >= 11 is 1.28. The molecule has 3 aromatic rings. The highest BCUT2D eigenvalue weighted by molar-refractivity contribution is 7.89. The smallest absolute Gasteiger partial charge is 0.338 e. The number of anilines is 1. The van der Waals surface area contributed by atoms with Gasteiger partial charge in [-0.15, -0.1) is 11.3 Å². The lowest BCUT2D eigenvalue weighted by molar-refractivity contribution is -0.123. The van der Waals surface area contributed by atoms with Gasteiger partial charge >= 0.3 is 5.97 Å². The minimum absolute atomic E-state index is 0.129. The molecule has 0 radical (unpaired) electrons. The second-order valence-electron chi connectivity index (χ2n) is 7.58. The molecule has 2 aromatic carbocycles. The van der Waals surface area contributed by atoms with Crippen molar-refractivity contribution in [2.45, 2.75) is 30.8 Å². The third-order valence-corrected chi connectivity index (χ3v) is 7.92. The summed E-state index contributed by atoms with van der Waals surface area (Å²) in [4.78, 5) is 29.4. The number of carbonyl (C=O) groups excluding carboxylic acids is 2. The Balaban J connectivity index is 1.35. The summed E-state index contributed by atoms with van der Waals surface area (Å²) in [6.07, 6.45) is 0.630. The molecule has 1 aliphatic heterocycles. The molecule has 8 nitrogen and oxygen atoms in total. The lowest BCUT2D eigenvalue weighted by atomic mass is 10.2. The van der Waals surface area contributed by atoms with Crippen molar-refractivity contribution >= 4 is 38.4 Å². The van der Waals surface area contributed by atoms with E-state index < -0.39 is 28.0 Å². The summed E-state index contributed by atoms with van der Waals surface area (Å²) in [7, 11) is -3.56. The number of hydrogen-bond donors (Lipinski definition) is 1. The van der Waals surface area contributed by atoms with E-state index in [1.807, 2.05) is 35.7 Å². The third kappa shape index (κ3) is 5.29. The van der Waals surface area contributed by atoms with Gasteiger partial charge in [-0.2, -0.15) is 4.31 Å². The van der Waals surface area contributed by atoms with E-state index in [0.29, 0.717) is 18.2 Å². The number of aromatic nitrogens is 1. The number of thiazole rings is 1. The van der Waals surface area contributed by atoms with E-state index in [0.717, 1.165) is 24.1 Å². The van der Waals surface area contributed by atoms with Gasteiger partial charge in [0, 0.05) is 24.0 Å². The van der Waals surface area contributed by atoms with Crippen molar-refractivity contribution < 1.29 is 22.7 Å². The molecule has 0 bridgehead atoms. The Morgan fingerprint density at radius 1 is 1.06 bits per heavy atom. The summed E-state index contributed by atoms with van der Waals surface area (Å²) in [5, 5.41) is 4.89. The van der Waals surface area contributed by atoms with Crippen LogP contribution in [-0.2, 0) is 19.6 Å². The van der Waals surface area contributed by atoms with E-state index in [1.54, 1.807) is 0 Å². The normalized spacial score (nSPS) is 15.2. The number of carbonyl (C=O) groups is 2. The fourth-order valence-electron chi connectivity index (χ4n) is 3.40. The van der Waals surface area contributed by atoms with Gasteiger partial charge in [-0.3, -0.25) is 10.1 Å². The lowest BCUT2D eigenvalue weighted by Crippen LogP contribution is -2.30. The minimum atomic E-state index is -3.56. The molecule has 2 heterocycles. The molecular formula is C23H23N3O5S2. The fourth-order valence-corrected chi connectivity index (χ4v) is 5.64. The molecule has 0 spiro atoms. The topological polar surface area (TPSA) is 106 Å². The Morgan fingerprint density at radius 2 is 1.73 bits per heavy atom. The number of sulfonamides is 1. The van der Waals surface area contributed by atoms with E-state index in [1.165, 1.54) is 46.8 Å². The third-order valence-electron chi connectivity index (χ3n) is 5.25. The van der Waals surface area contributed by atoms with Crippen LogP contribution in [0.1, 0.15) is 30.1 Å². The maximum Gasteiger partial charge on any atom is 0.338 e. The van der Waals surface area contributed by atoms with Gasteiger partial charge < -0.3 is 4.74 Å². The van der Waals surface area contributed by atoms with Gasteiger partial charge in [0.15, 0.2) is 11.2 Å². The molecule has 1 unspecified atom stereocenters. The molecule has 1 amide bonds. The van der Waals surface area contributed by atoms with E-state index in [9.17, 15) is 18.0 Å². The lowest BCUT2D eigenvalue weighted by Gasteiger charge is -2.16. The van der Waals surface area contributed by atoms with Crippen molar-refractivity contribution in [2.24, 2.45) is 0 Å². The Hall–Kier alpha value is -3.08. The molecule has 10 heteroatoms. The highest BCUT2D eigenvalue weighted by Crippen LogP contribution is 2.25. The second-order valence-corrected chi connectivity index (χ2v) is 10.4. The first kappa shape index (κ1) is 23.1. The summed E-state index contributed by atoms with van der Waals surface area (Å²) in [5.74, 6) is -1.22. The molecule has 1 aliphatic rings. The van der Waals surface area contributed by atoms with Crippen molar-refractivity contribution in [1.29, 1.82) is 0 Å². The van der Waals surface area contributed by atoms with Crippen LogP contribution in [0.25, 0.3) is 11.3 Å². The average molecular weight is 486 g/mol.